The molecule has 1 aromatic heterocycles. The largest absolute Gasteiger partial charge is 0.494 e. The Kier molecular flexibility index (Phi) is 6.42. The maximum Gasteiger partial charge on any atom is 0.229 e. The molecule has 29 heavy (non-hydrogen) atoms. The number of ether oxygens (including phenoxy) is 1. The Morgan fingerprint density at radius 3 is 2.55 bits per heavy atom. The summed E-state index contributed by atoms with van der Waals surface area (Å²) >= 11 is 0. The van der Waals surface area contributed by atoms with Gasteiger partial charge in [0.1, 0.15) is 11.6 Å². The van der Waals surface area contributed by atoms with Gasteiger partial charge in [0.15, 0.2) is 0 Å². The number of anilines is 3. The molecule has 0 bridgehead atoms. The van der Waals surface area contributed by atoms with Crippen LogP contribution in [-0.4, -0.2) is 34.3 Å². The first-order valence-electron chi connectivity index (χ1n) is 10.5. The van der Waals surface area contributed by atoms with Crippen molar-refractivity contribution in [1.82, 2.24) is 9.97 Å². The fraction of sp³-hybridized carbons (Fsp3) is 0.391. The van der Waals surface area contributed by atoms with E-state index in [0.29, 0.717) is 25.0 Å². The minimum atomic E-state index is 0.135. The molecule has 0 spiro atoms. The van der Waals surface area contributed by atoms with Gasteiger partial charge in [0.2, 0.25) is 5.95 Å². The third kappa shape index (κ3) is 5.15. The molecular weight excluding hydrogens is 364 g/mol. The second-order valence-corrected chi connectivity index (χ2v) is 7.47. The number of aliphatic hydroxyl groups is 1. The number of fused-ring (bicyclic) bond motifs is 1. The number of hydrogen-bond acceptors (Lipinski definition) is 6. The number of nitrogens with zero attached hydrogens (tertiary/aromatic N) is 2. The predicted molar refractivity (Wildman–Crippen MR) is 117 cm³/mol. The SMILES string of the molecule is OCCCOc1ccc(Nc2nc(NC3CCCCC3)c3ccccc3n2)cc1. The van der Waals surface area contributed by atoms with Gasteiger partial charge in [-0.2, -0.15) is 4.98 Å². The molecule has 6 heteroatoms. The third-order valence-corrected chi connectivity index (χ3v) is 5.23. The van der Waals surface area contributed by atoms with Gasteiger partial charge in [0.05, 0.1) is 12.1 Å². The molecule has 2 aromatic carbocycles. The van der Waals surface area contributed by atoms with Crippen molar-refractivity contribution < 1.29 is 9.84 Å². The van der Waals surface area contributed by atoms with Crippen LogP contribution in [0.3, 0.4) is 0 Å². The standard InChI is InChI=1S/C23H28N4O2/c28-15-6-16-29-19-13-11-18(12-14-19)25-23-26-21-10-5-4-9-20(21)22(27-23)24-17-7-2-1-3-8-17/h4-5,9-14,17,28H,1-3,6-8,15-16H2,(H2,24,25,26,27). The summed E-state index contributed by atoms with van der Waals surface area (Å²) in [6, 6.07) is 16.3. The van der Waals surface area contributed by atoms with Gasteiger partial charge in [-0.3, -0.25) is 0 Å². The van der Waals surface area contributed by atoms with Crippen molar-refractivity contribution >= 4 is 28.4 Å². The number of rotatable bonds is 8. The fourth-order valence-electron chi connectivity index (χ4n) is 3.70. The number of aliphatic hydroxyl groups excluding tert-OH is 1. The van der Waals surface area contributed by atoms with Gasteiger partial charge >= 0.3 is 0 Å². The van der Waals surface area contributed by atoms with E-state index >= 15 is 0 Å². The van der Waals surface area contributed by atoms with Crippen LogP contribution in [0.25, 0.3) is 10.9 Å². The Morgan fingerprint density at radius 2 is 1.76 bits per heavy atom. The number of benzene rings is 2. The van der Waals surface area contributed by atoms with E-state index in [1.165, 1.54) is 32.1 Å². The maximum atomic E-state index is 8.84. The lowest BCUT2D eigenvalue weighted by molar-refractivity contribution is 0.233. The lowest BCUT2D eigenvalue weighted by Crippen LogP contribution is -2.23. The van der Waals surface area contributed by atoms with Crippen molar-refractivity contribution in [1.29, 1.82) is 0 Å². The van der Waals surface area contributed by atoms with Crippen molar-refractivity contribution in [3.63, 3.8) is 0 Å². The van der Waals surface area contributed by atoms with E-state index in [9.17, 15) is 0 Å². The summed E-state index contributed by atoms with van der Waals surface area (Å²) in [6.07, 6.45) is 6.89. The maximum absolute atomic E-state index is 8.84. The first-order valence-corrected chi connectivity index (χ1v) is 10.5. The van der Waals surface area contributed by atoms with Crippen molar-refractivity contribution in [3.8, 4) is 5.75 Å². The second-order valence-electron chi connectivity index (χ2n) is 7.47. The van der Waals surface area contributed by atoms with Crippen LogP contribution in [0.5, 0.6) is 5.75 Å². The lowest BCUT2D eigenvalue weighted by Gasteiger charge is -2.24. The molecule has 0 atom stereocenters. The molecule has 152 valence electrons. The summed E-state index contributed by atoms with van der Waals surface area (Å²) in [7, 11) is 0. The van der Waals surface area contributed by atoms with Crippen LogP contribution in [0.15, 0.2) is 48.5 Å². The Labute approximate surface area is 171 Å². The number of para-hydroxylation sites is 1. The summed E-state index contributed by atoms with van der Waals surface area (Å²) in [5.41, 5.74) is 1.82. The highest BCUT2D eigenvalue weighted by atomic mass is 16.5. The first kappa shape index (κ1) is 19.5. The predicted octanol–water partition coefficient (Wildman–Crippen LogP) is 4.88. The van der Waals surface area contributed by atoms with Crippen LogP contribution in [0.1, 0.15) is 38.5 Å². The zero-order chi connectivity index (χ0) is 19.9. The van der Waals surface area contributed by atoms with Crippen LogP contribution >= 0.6 is 0 Å². The number of hydrogen-bond donors (Lipinski definition) is 3. The molecule has 1 saturated carbocycles. The van der Waals surface area contributed by atoms with Crippen LogP contribution in [0, 0.1) is 0 Å². The van der Waals surface area contributed by atoms with Gasteiger partial charge in [0, 0.05) is 30.1 Å². The second kappa shape index (κ2) is 9.56. The van der Waals surface area contributed by atoms with E-state index in [-0.39, 0.29) is 6.61 Å². The van der Waals surface area contributed by atoms with Crippen molar-refractivity contribution in [3.05, 3.63) is 48.5 Å². The zero-order valence-electron chi connectivity index (χ0n) is 16.6. The average Bonchev–Trinajstić information content (AvgIpc) is 2.76. The van der Waals surface area contributed by atoms with E-state index in [1.807, 2.05) is 42.5 Å². The normalized spacial score (nSPS) is 14.7. The number of nitrogens with one attached hydrogen (secondary N) is 2. The van der Waals surface area contributed by atoms with Crippen molar-refractivity contribution in [2.45, 2.75) is 44.6 Å². The van der Waals surface area contributed by atoms with Crippen molar-refractivity contribution in [2.75, 3.05) is 23.8 Å². The van der Waals surface area contributed by atoms with Gasteiger partial charge in [-0.25, -0.2) is 4.98 Å². The Balaban J connectivity index is 1.52. The highest BCUT2D eigenvalue weighted by Crippen LogP contribution is 2.27. The van der Waals surface area contributed by atoms with Crippen LogP contribution in [0.2, 0.25) is 0 Å². The molecule has 0 unspecified atom stereocenters. The van der Waals surface area contributed by atoms with Crippen LogP contribution < -0.4 is 15.4 Å². The average molecular weight is 393 g/mol. The smallest absolute Gasteiger partial charge is 0.229 e. The minimum absolute atomic E-state index is 0.135. The number of aromatic nitrogens is 2. The van der Waals surface area contributed by atoms with Crippen LogP contribution in [-0.2, 0) is 0 Å². The summed E-state index contributed by atoms with van der Waals surface area (Å²) < 4.78 is 5.58. The Bertz CT molecular complexity index is 924. The van der Waals surface area contributed by atoms with Gasteiger partial charge in [-0.1, -0.05) is 31.4 Å². The molecular formula is C23H28N4O2. The molecule has 1 aliphatic rings. The zero-order valence-corrected chi connectivity index (χ0v) is 16.6. The summed E-state index contributed by atoms with van der Waals surface area (Å²) in [4.78, 5) is 9.47. The summed E-state index contributed by atoms with van der Waals surface area (Å²) in [6.45, 7) is 0.642. The Hall–Kier alpha value is -2.86. The molecule has 0 saturated heterocycles. The minimum Gasteiger partial charge on any atom is -0.494 e. The molecule has 3 aromatic rings. The van der Waals surface area contributed by atoms with Crippen LogP contribution in [0.4, 0.5) is 17.5 Å². The molecule has 0 radical (unpaired) electrons. The lowest BCUT2D eigenvalue weighted by atomic mass is 9.95. The Morgan fingerprint density at radius 1 is 0.966 bits per heavy atom. The van der Waals surface area contributed by atoms with Crippen molar-refractivity contribution in [2.24, 2.45) is 0 Å². The van der Waals surface area contributed by atoms with E-state index < -0.39 is 0 Å². The third-order valence-electron chi connectivity index (χ3n) is 5.23. The molecule has 3 N–H and O–H groups in total. The molecule has 4 rings (SSSR count). The molecule has 1 aliphatic carbocycles. The highest BCUT2D eigenvalue weighted by molar-refractivity contribution is 5.90. The molecule has 1 heterocycles. The quantitative estimate of drug-likeness (QED) is 0.474. The van der Waals surface area contributed by atoms with Gasteiger partial charge in [0.25, 0.3) is 0 Å². The topological polar surface area (TPSA) is 79.3 Å². The molecule has 0 aliphatic heterocycles. The molecule has 1 fully saturated rings. The van der Waals surface area contributed by atoms with Gasteiger partial charge in [-0.15, -0.1) is 0 Å². The van der Waals surface area contributed by atoms with E-state index in [1.54, 1.807) is 0 Å². The van der Waals surface area contributed by atoms with E-state index in [2.05, 4.69) is 21.7 Å². The molecule has 6 nitrogen and oxygen atoms in total. The monoisotopic (exact) mass is 392 g/mol. The van der Waals surface area contributed by atoms with Gasteiger partial charge < -0.3 is 20.5 Å². The molecule has 0 amide bonds. The fourth-order valence-corrected chi connectivity index (χ4v) is 3.70. The first-order chi connectivity index (χ1) is 14.3. The van der Waals surface area contributed by atoms with E-state index in [0.717, 1.165) is 28.2 Å². The highest BCUT2D eigenvalue weighted by Gasteiger charge is 2.16. The summed E-state index contributed by atoms with van der Waals surface area (Å²) in [5, 5.41) is 16.9. The van der Waals surface area contributed by atoms with E-state index in [4.69, 9.17) is 14.8 Å². The summed E-state index contributed by atoms with van der Waals surface area (Å²) in [5.74, 6) is 2.26. The van der Waals surface area contributed by atoms with Gasteiger partial charge in [-0.05, 0) is 49.2 Å².